The van der Waals surface area contributed by atoms with Crippen LogP contribution in [0.25, 0.3) is 0 Å². The minimum atomic E-state index is -3.00. The molecule has 7 heteroatoms. The summed E-state index contributed by atoms with van der Waals surface area (Å²) in [5.74, 6) is 0.151. The highest BCUT2D eigenvalue weighted by Gasteiger charge is 2.34. The maximum absolute atomic E-state index is 12.0. The Kier molecular flexibility index (Phi) is 6.77. The van der Waals surface area contributed by atoms with E-state index < -0.39 is 9.84 Å². The molecule has 1 aliphatic heterocycles. The van der Waals surface area contributed by atoms with Gasteiger partial charge in [-0.1, -0.05) is 30.3 Å². The van der Waals surface area contributed by atoms with Gasteiger partial charge < -0.3 is 10.1 Å². The number of nitrogens with one attached hydrogen (secondary N) is 1. The summed E-state index contributed by atoms with van der Waals surface area (Å²) in [4.78, 5) is 14.1. The van der Waals surface area contributed by atoms with Gasteiger partial charge in [0.1, 0.15) is 16.4 Å². The van der Waals surface area contributed by atoms with Crippen molar-refractivity contribution in [3.63, 3.8) is 0 Å². The molecule has 1 N–H and O–H groups in total. The van der Waals surface area contributed by atoms with Gasteiger partial charge in [-0.2, -0.15) is 0 Å². The Morgan fingerprint density at radius 2 is 2.00 bits per heavy atom. The van der Waals surface area contributed by atoms with Crippen molar-refractivity contribution >= 4 is 15.7 Å². The van der Waals surface area contributed by atoms with Gasteiger partial charge in [-0.25, -0.2) is 8.42 Å². The molecule has 0 aromatic heterocycles. The van der Waals surface area contributed by atoms with Crippen LogP contribution in [0.2, 0.25) is 0 Å². The third-order valence-corrected chi connectivity index (χ3v) is 5.11. The molecular weight excluding hydrogens is 328 g/mol. The van der Waals surface area contributed by atoms with E-state index in [9.17, 15) is 13.2 Å². The zero-order valence-corrected chi connectivity index (χ0v) is 15.1. The number of amides is 1. The maximum atomic E-state index is 12.0. The van der Waals surface area contributed by atoms with E-state index in [1.807, 2.05) is 37.3 Å². The second-order valence-electron chi connectivity index (χ2n) is 6.22. The van der Waals surface area contributed by atoms with Crippen LogP contribution in [0.15, 0.2) is 30.3 Å². The van der Waals surface area contributed by atoms with Crippen LogP contribution in [0.3, 0.4) is 0 Å². The number of likely N-dealkylation sites (tertiary alicyclic amines) is 1. The molecule has 0 spiro atoms. The SMILES string of the molecule is CCOCC(=O)N[C@@H]1CN(CCS(C)(=O)=O)C[C@H]1c1ccccc1. The predicted octanol–water partition coefficient (Wildman–Crippen LogP) is 0.652. The van der Waals surface area contributed by atoms with E-state index in [2.05, 4.69) is 10.2 Å². The highest BCUT2D eigenvalue weighted by molar-refractivity contribution is 7.90. The van der Waals surface area contributed by atoms with Gasteiger partial charge in [-0.3, -0.25) is 9.69 Å². The molecule has 1 amide bonds. The predicted molar refractivity (Wildman–Crippen MR) is 93.8 cm³/mol. The molecule has 0 unspecified atom stereocenters. The topological polar surface area (TPSA) is 75.7 Å². The summed E-state index contributed by atoms with van der Waals surface area (Å²) in [6.07, 6.45) is 1.25. The molecule has 1 aromatic rings. The number of ether oxygens (including phenoxy) is 1. The Morgan fingerprint density at radius 1 is 1.29 bits per heavy atom. The molecule has 1 saturated heterocycles. The first-order chi connectivity index (χ1) is 11.4. The summed E-state index contributed by atoms with van der Waals surface area (Å²) in [6, 6.07) is 9.97. The first kappa shape index (κ1) is 18.9. The van der Waals surface area contributed by atoms with Gasteiger partial charge in [-0.05, 0) is 12.5 Å². The fourth-order valence-corrected chi connectivity index (χ4v) is 3.58. The average Bonchev–Trinajstić information content (AvgIpc) is 2.94. The lowest BCUT2D eigenvalue weighted by molar-refractivity contribution is -0.126. The third kappa shape index (κ3) is 5.89. The van der Waals surface area contributed by atoms with Gasteiger partial charge in [0.15, 0.2) is 0 Å². The number of sulfone groups is 1. The Morgan fingerprint density at radius 3 is 2.62 bits per heavy atom. The van der Waals surface area contributed by atoms with E-state index in [0.29, 0.717) is 19.7 Å². The minimum Gasteiger partial charge on any atom is -0.372 e. The van der Waals surface area contributed by atoms with Crippen LogP contribution in [-0.4, -0.2) is 70.1 Å². The number of nitrogens with zero attached hydrogens (tertiary/aromatic N) is 1. The Hall–Kier alpha value is -1.44. The summed E-state index contributed by atoms with van der Waals surface area (Å²) in [5, 5.41) is 3.03. The van der Waals surface area contributed by atoms with E-state index in [1.54, 1.807) is 0 Å². The van der Waals surface area contributed by atoms with Crippen molar-refractivity contribution in [2.75, 3.05) is 44.9 Å². The molecule has 2 rings (SSSR count). The smallest absolute Gasteiger partial charge is 0.246 e. The first-order valence-corrected chi connectivity index (χ1v) is 10.3. The van der Waals surface area contributed by atoms with E-state index >= 15 is 0 Å². The third-order valence-electron chi connectivity index (χ3n) is 4.19. The Labute approximate surface area is 144 Å². The van der Waals surface area contributed by atoms with Crippen LogP contribution in [0, 0.1) is 0 Å². The number of hydrogen-bond acceptors (Lipinski definition) is 5. The lowest BCUT2D eigenvalue weighted by atomic mass is 9.94. The quantitative estimate of drug-likeness (QED) is 0.742. The van der Waals surface area contributed by atoms with Gasteiger partial charge >= 0.3 is 0 Å². The molecule has 0 saturated carbocycles. The molecule has 1 aliphatic rings. The fourth-order valence-electron chi connectivity index (χ4n) is 2.99. The van der Waals surface area contributed by atoms with Crippen LogP contribution in [0.5, 0.6) is 0 Å². The number of benzene rings is 1. The molecule has 24 heavy (non-hydrogen) atoms. The van der Waals surface area contributed by atoms with E-state index in [4.69, 9.17) is 4.74 Å². The van der Waals surface area contributed by atoms with E-state index in [-0.39, 0.29) is 30.2 Å². The molecule has 6 nitrogen and oxygen atoms in total. The second-order valence-corrected chi connectivity index (χ2v) is 8.48. The molecule has 0 aliphatic carbocycles. The van der Waals surface area contributed by atoms with Crippen LogP contribution < -0.4 is 5.32 Å². The highest BCUT2D eigenvalue weighted by atomic mass is 32.2. The van der Waals surface area contributed by atoms with Gasteiger partial charge in [0.25, 0.3) is 0 Å². The lowest BCUT2D eigenvalue weighted by Gasteiger charge is -2.20. The largest absolute Gasteiger partial charge is 0.372 e. The van der Waals surface area contributed by atoms with Crippen LogP contribution >= 0.6 is 0 Å². The summed E-state index contributed by atoms with van der Waals surface area (Å²) >= 11 is 0. The summed E-state index contributed by atoms with van der Waals surface area (Å²) in [7, 11) is -3.00. The number of carbonyl (C=O) groups is 1. The highest BCUT2D eigenvalue weighted by Crippen LogP contribution is 2.27. The molecule has 1 heterocycles. The normalized spacial score (nSPS) is 21.8. The number of hydrogen-bond donors (Lipinski definition) is 1. The molecule has 0 bridgehead atoms. The summed E-state index contributed by atoms with van der Waals surface area (Å²) in [5.41, 5.74) is 1.15. The first-order valence-electron chi connectivity index (χ1n) is 8.21. The Bertz CT molecular complexity index is 633. The minimum absolute atomic E-state index is 0.0417. The zero-order valence-electron chi connectivity index (χ0n) is 14.3. The van der Waals surface area contributed by atoms with Crippen LogP contribution in [0.1, 0.15) is 18.4 Å². The van der Waals surface area contributed by atoms with Gasteiger partial charge in [0.05, 0.1) is 5.75 Å². The molecule has 1 aromatic carbocycles. The fraction of sp³-hybridized carbons (Fsp3) is 0.588. The molecule has 2 atom stereocenters. The number of carbonyl (C=O) groups excluding carboxylic acids is 1. The van der Waals surface area contributed by atoms with E-state index in [1.165, 1.54) is 6.26 Å². The Balaban J connectivity index is 2.04. The van der Waals surface area contributed by atoms with Crippen molar-refractivity contribution in [1.29, 1.82) is 0 Å². The van der Waals surface area contributed by atoms with Crippen molar-refractivity contribution in [2.45, 2.75) is 18.9 Å². The molecule has 1 fully saturated rings. The summed E-state index contributed by atoms with van der Waals surface area (Å²) < 4.78 is 28.0. The second kappa shape index (κ2) is 8.60. The van der Waals surface area contributed by atoms with Gasteiger partial charge in [0.2, 0.25) is 5.91 Å². The maximum Gasteiger partial charge on any atom is 0.246 e. The zero-order chi connectivity index (χ0) is 17.6. The lowest BCUT2D eigenvalue weighted by Crippen LogP contribution is -2.41. The van der Waals surface area contributed by atoms with Crippen LogP contribution in [0.4, 0.5) is 0 Å². The van der Waals surface area contributed by atoms with Crippen molar-refractivity contribution in [3.8, 4) is 0 Å². The van der Waals surface area contributed by atoms with Gasteiger partial charge in [-0.15, -0.1) is 0 Å². The van der Waals surface area contributed by atoms with Crippen molar-refractivity contribution < 1.29 is 17.9 Å². The molecule has 134 valence electrons. The van der Waals surface area contributed by atoms with Crippen molar-refractivity contribution in [3.05, 3.63) is 35.9 Å². The number of rotatable bonds is 8. The van der Waals surface area contributed by atoms with E-state index in [0.717, 1.165) is 12.1 Å². The van der Waals surface area contributed by atoms with Gasteiger partial charge in [0, 0.05) is 44.5 Å². The molecule has 0 radical (unpaired) electrons. The van der Waals surface area contributed by atoms with Crippen LogP contribution in [-0.2, 0) is 19.4 Å². The summed E-state index contributed by atoms with van der Waals surface area (Å²) in [6.45, 7) is 4.27. The molecular formula is C17H26N2O4S. The van der Waals surface area contributed by atoms with Crippen molar-refractivity contribution in [2.24, 2.45) is 0 Å². The average molecular weight is 354 g/mol. The standard InChI is InChI=1S/C17H26N2O4S/c1-3-23-13-17(20)18-16-12-19(9-10-24(2,21)22)11-15(16)14-7-5-4-6-8-14/h4-8,15-16H,3,9-13H2,1-2H3,(H,18,20)/t15-,16+/m0/s1. The monoisotopic (exact) mass is 354 g/mol. The van der Waals surface area contributed by atoms with Crippen molar-refractivity contribution in [1.82, 2.24) is 10.2 Å².